The molecule has 7 nitrogen and oxygen atoms in total. The second-order valence-electron chi connectivity index (χ2n) is 7.59. The molecule has 172 valence electrons. The molecule has 0 N–H and O–H groups in total. The molecule has 0 atom stereocenters. The number of pyridine rings is 1. The molecule has 0 saturated heterocycles. The number of benzene rings is 1. The van der Waals surface area contributed by atoms with Gasteiger partial charge in [-0.15, -0.1) is 0 Å². The SMILES string of the molecule is CN(C(=O)C(Cc1cc(F)cc(F)c1)=NC(=O)OC(C)(C)C)c1ccc(OC(F)F)nc1. The van der Waals surface area contributed by atoms with Crippen LogP contribution in [0.1, 0.15) is 26.3 Å². The number of aliphatic imine (C=N–C) groups is 1. The minimum Gasteiger partial charge on any atom is -0.442 e. The van der Waals surface area contributed by atoms with Crippen LogP contribution in [0.4, 0.5) is 28.0 Å². The van der Waals surface area contributed by atoms with Gasteiger partial charge in [-0.2, -0.15) is 13.8 Å². The minimum atomic E-state index is -3.06. The molecule has 1 aromatic heterocycles. The smallest absolute Gasteiger partial charge is 0.434 e. The summed E-state index contributed by atoms with van der Waals surface area (Å²) in [5.41, 5.74) is -1.03. The van der Waals surface area contributed by atoms with Gasteiger partial charge in [0.05, 0.1) is 11.9 Å². The van der Waals surface area contributed by atoms with E-state index in [1.54, 1.807) is 20.8 Å². The van der Waals surface area contributed by atoms with Crippen LogP contribution in [-0.2, 0) is 16.0 Å². The van der Waals surface area contributed by atoms with Crippen LogP contribution in [0.25, 0.3) is 0 Å². The van der Waals surface area contributed by atoms with E-state index >= 15 is 0 Å². The number of alkyl halides is 2. The Hall–Kier alpha value is -3.50. The summed E-state index contributed by atoms with van der Waals surface area (Å²) >= 11 is 0. The lowest BCUT2D eigenvalue weighted by Crippen LogP contribution is -2.35. The van der Waals surface area contributed by atoms with Gasteiger partial charge in [-0.05, 0) is 44.5 Å². The third-order valence-electron chi connectivity index (χ3n) is 3.78. The van der Waals surface area contributed by atoms with Gasteiger partial charge in [-0.3, -0.25) is 4.79 Å². The number of rotatable bonds is 6. The van der Waals surface area contributed by atoms with Crippen molar-refractivity contribution in [3.63, 3.8) is 0 Å². The van der Waals surface area contributed by atoms with Gasteiger partial charge in [0.15, 0.2) is 0 Å². The summed E-state index contributed by atoms with van der Waals surface area (Å²) < 4.78 is 61.0. The van der Waals surface area contributed by atoms with E-state index in [-0.39, 0.29) is 29.3 Å². The van der Waals surface area contributed by atoms with Gasteiger partial charge in [0, 0.05) is 25.6 Å². The number of nitrogens with zero attached hydrogens (tertiary/aromatic N) is 3. The number of hydrogen-bond donors (Lipinski definition) is 0. The highest BCUT2D eigenvalue weighted by molar-refractivity contribution is 6.45. The molecule has 2 rings (SSSR count). The van der Waals surface area contributed by atoms with E-state index in [1.165, 1.54) is 13.1 Å². The molecule has 1 heterocycles. The van der Waals surface area contributed by atoms with Crippen LogP contribution >= 0.6 is 0 Å². The van der Waals surface area contributed by atoms with Crippen molar-refractivity contribution in [1.82, 2.24) is 4.98 Å². The standard InChI is InChI=1S/C21H21F4N3O4/c1-21(2,3)32-20(30)27-16(9-12-7-13(22)10-14(23)8-12)18(29)28(4)15-5-6-17(26-11-15)31-19(24)25/h5-8,10-11,19H,9H2,1-4H3. The Labute approximate surface area is 181 Å². The van der Waals surface area contributed by atoms with Gasteiger partial charge < -0.3 is 14.4 Å². The molecular formula is C21H21F4N3O4. The van der Waals surface area contributed by atoms with E-state index in [1.807, 2.05) is 0 Å². The highest BCUT2D eigenvalue weighted by Crippen LogP contribution is 2.18. The Morgan fingerprint density at radius 1 is 1.12 bits per heavy atom. The van der Waals surface area contributed by atoms with E-state index in [0.717, 1.165) is 29.3 Å². The van der Waals surface area contributed by atoms with Gasteiger partial charge in [-0.1, -0.05) is 0 Å². The maximum absolute atomic E-state index is 13.6. The number of anilines is 1. The molecule has 0 aliphatic carbocycles. The summed E-state index contributed by atoms with van der Waals surface area (Å²) in [4.78, 5) is 33.6. The number of ether oxygens (including phenoxy) is 2. The van der Waals surface area contributed by atoms with E-state index in [2.05, 4.69) is 14.7 Å². The summed E-state index contributed by atoms with van der Waals surface area (Å²) in [5, 5.41) is 0. The highest BCUT2D eigenvalue weighted by Gasteiger charge is 2.23. The summed E-state index contributed by atoms with van der Waals surface area (Å²) in [6.07, 6.45) is -0.343. The van der Waals surface area contributed by atoms with E-state index in [9.17, 15) is 27.2 Å². The molecule has 0 saturated carbocycles. The van der Waals surface area contributed by atoms with Gasteiger partial charge >= 0.3 is 12.7 Å². The Balaban J connectivity index is 2.34. The fourth-order valence-corrected chi connectivity index (χ4v) is 2.51. The Bertz CT molecular complexity index is 985. The molecule has 0 bridgehead atoms. The lowest BCUT2D eigenvalue weighted by molar-refractivity contribution is -0.112. The van der Waals surface area contributed by atoms with Gasteiger partial charge in [0.1, 0.15) is 22.9 Å². The van der Waals surface area contributed by atoms with Crippen molar-refractivity contribution in [2.24, 2.45) is 4.99 Å². The van der Waals surface area contributed by atoms with Crippen molar-refractivity contribution in [2.45, 2.75) is 39.4 Å². The van der Waals surface area contributed by atoms with E-state index in [0.29, 0.717) is 6.07 Å². The van der Waals surface area contributed by atoms with Crippen LogP contribution in [-0.4, -0.2) is 42.0 Å². The number of aromatic nitrogens is 1. The zero-order valence-electron chi connectivity index (χ0n) is 17.7. The number of carbonyl (C=O) groups is 2. The first-order valence-electron chi connectivity index (χ1n) is 9.28. The number of halogens is 4. The first-order valence-corrected chi connectivity index (χ1v) is 9.28. The minimum absolute atomic E-state index is 0.0605. The number of amides is 2. The maximum Gasteiger partial charge on any atom is 0.434 e. The lowest BCUT2D eigenvalue weighted by Gasteiger charge is -2.20. The predicted octanol–water partition coefficient (Wildman–Crippen LogP) is 4.54. The van der Waals surface area contributed by atoms with Crippen molar-refractivity contribution >= 4 is 23.4 Å². The molecular weight excluding hydrogens is 434 g/mol. The predicted molar refractivity (Wildman–Crippen MR) is 108 cm³/mol. The Morgan fingerprint density at radius 3 is 2.25 bits per heavy atom. The third kappa shape index (κ3) is 7.64. The molecule has 0 spiro atoms. The molecule has 0 aliphatic heterocycles. The average molecular weight is 455 g/mol. The van der Waals surface area contributed by atoms with Crippen LogP contribution in [0.15, 0.2) is 41.5 Å². The van der Waals surface area contributed by atoms with Crippen molar-refractivity contribution in [2.75, 3.05) is 11.9 Å². The van der Waals surface area contributed by atoms with Crippen LogP contribution in [0.3, 0.4) is 0 Å². The monoisotopic (exact) mass is 455 g/mol. The molecule has 0 aliphatic rings. The van der Waals surface area contributed by atoms with Crippen molar-refractivity contribution in [3.05, 3.63) is 53.7 Å². The van der Waals surface area contributed by atoms with Gasteiger partial charge in [-0.25, -0.2) is 18.6 Å². The number of hydrogen-bond acceptors (Lipinski definition) is 5. The van der Waals surface area contributed by atoms with Crippen LogP contribution in [0, 0.1) is 11.6 Å². The van der Waals surface area contributed by atoms with Crippen LogP contribution < -0.4 is 9.64 Å². The molecule has 0 unspecified atom stereocenters. The molecule has 1 aromatic carbocycles. The maximum atomic E-state index is 13.6. The van der Waals surface area contributed by atoms with Gasteiger partial charge in [0.2, 0.25) is 5.88 Å². The second kappa shape index (κ2) is 10.2. The zero-order chi connectivity index (χ0) is 24.1. The lowest BCUT2D eigenvalue weighted by atomic mass is 10.1. The highest BCUT2D eigenvalue weighted by atomic mass is 19.3. The summed E-state index contributed by atoms with van der Waals surface area (Å²) in [6.45, 7) is 1.74. The van der Waals surface area contributed by atoms with Crippen LogP contribution in [0.5, 0.6) is 5.88 Å². The van der Waals surface area contributed by atoms with Crippen molar-refractivity contribution in [1.29, 1.82) is 0 Å². The normalized spacial score (nSPS) is 12.0. The summed E-state index contributed by atoms with van der Waals surface area (Å²) in [6, 6.07) is 5.07. The Kier molecular flexibility index (Phi) is 7.90. The summed E-state index contributed by atoms with van der Waals surface area (Å²) in [5.74, 6) is -2.89. The fraction of sp³-hybridized carbons (Fsp3) is 0.333. The molecule has 0 fully saturated rings. The largest absolute Gasteiger partial charge is 0.442 e. The first-order chi connectivity index (χ1) is 14.8. The second-order valence-corrected chi connectivity index (χ2v) is 7.59. The molecule has 0 radical (unpaired) electrons. The average Bonchev–Trinajstić information content (AvgIpc) is 2.64. The van der Waals surface area contributed by atoms with Gasteiger partial charge in [0.25, 0.3) is 5.91 Å². The molecule has 11 heteroatoms. The number of carbonyl (C=O) groups excluding carboxylic acids is 2. The quantitative estimate of drug-likeness (QED) is 0.472. The zero-order valence-corrected chi connectivity index (χ0v) is 17.7. The molecule has 2 aromatic rings. The third-order valence-corrected chi connectivity index (χ3v) is 3.78. The fourth-order valence-electron chi connectivity index (χ4n) is 2.51. The van der Waals surface area contributed by atoms with Crippen molar-refractivity contribution < 1.29 is 36.6 Å². The Morgan fingerprint density at radius 2 is 1.75 bits per heavy atom. The molecule has 2 amide bonds. The molecule has 32 heavy (non-hydrogen) atoms. The van der Waals surface area contributed by atoms with Crippen molar-refractivity contribution in [3.8, 4) is 5.88 Å². The summed E-state index contributed by atoms with van der Waals surface area (Å²) in [7, 11) is 1.32. The topological polar surface area (TPSA) is 81.1 Å². The van der Waals surface area contributed by atoms with Crippen LogP contribution in [0.2, 0.25) is 0 Å². The van der Waals surface area contributed by atoms with E-state index < -0.39 is 35.8 Å². The van der Waals surface area contributed by atoms with E-state index in [4.69, 9.17) is 4.74 Å². The first kappa shape index (κ1) is 24.8.